The third-order valence-electron chi connectivity index (χ3n) is 2.03. The van der Waals surface area contributed by atoms with E-state index in [2.05, 4.69) is 4.98 Å². The van der Waals surface area contributed by atoms with Gasteiger partial charge >= 0.3 is 5.97 Å². The van der Waals surface area contributed by atoms with Crippen molar-refractivity contribution in [3.8, 4) is 0 Å². The molecule has 2 aromatic heterocycles. The first kappa shape index (κ1) is 8.68. The molecular weight excluding hydrogens is 187 g/mol. The molecule has 0 aliphatic carbocycles. The Labute approximate surface area is 78.6 Å². The molecule has 14 heavy (non-hydrogen) atoms. The highest BCUT2D eigenvalue weighted by Crippen LogP contribution is 2.13. The fourth-order valence-corrected chi connectivity index (χ4v) is 1.31. The molecular formula is C9H7FN2O2. The lowest BCUT2D eigenvalue weighted by Gasteiger charge is -2.00. The Balaban J connectivity index is 2.79. The molecule has 0 spiro atoms. The van der Waals surface area contributed by atoms with E-state index in [1.165, 1.54) is 16.7 Å². The fourth-order valence-electron chi connectivity index (χ4n) is 1.31. The number of aromatic nitrogens is 2. The molecule has 0 aliphatic rings. The molecule has 0 bridgehead atoms. The first-order chi connectivity index (χ1) is 6.59. The summed E-state index contributed by atoms with van der Waals surface area (Å²) in [4.78, 5) is 14.5. The molecule has 0 unspecified atom stereocenters. The summed E-state index contributed by atoms with van der Waals surface area (Å²) in [5.74, 6) is -1.41. The molecule has 1 N–H and O–H groups in total. The van der Waals surface area contributed by atoms with Gasteiger partial charge in [-0.1, -0.05) is 0 Å². The Morgan fingerprint density at radius 1 is 1.64 bits per heavy atom. The van der Waals surface area contributed by atoms with Gasteiger partial charge in [-0.25, -0.2) is 14.2 Å². The topological polar surface area (TPSA) is 54.6 Å². The number of imidazole rings is 1. The van der Waals surface area contributed by atoms with Crippen LogP contribution in [0, 0.1) is 12.7 Å². The van der Waals surface area contributed by atoms with Gasteiger partial charge in [0.25, 0.3) is 0 Å². The van der Waals surface area contributed by atoms with Gasteiger partial charge in [-0.2, -0.15) is 0 Å². The molecule has 0 radical (unpaired) electrons. The lowest BCUT2D eigenvalue weighted by Crippen LogP contribution is -2.02. The van der Waals surface area contributed by atoms with Crippen LogP contribution >= 0.6 is 0 Å². The van der Waals surface area contributed by atoms with Crippen molar-refractivity contribution in [3.63, 3.8) is 0 Å². The molecule has 2 rings (SSSR count). The lowest BCUT2D eigenvalue weighted by molar-refractivity contribution is 0.0692. The number of hydrogen-bond acceptors (Lipinski definition) is 2. The van der Waals surface area contributed by atoms with E-state index in [1.54, 1.807) is 6.92 Å². The molecule has 0 saturated carbocycles. The average Bonchev–Trinajstić information content (AvgIpc) is 2.46. The number of halogens is 1. The molecule has 4 nitrogen and oxygen atoms in total. The molecule has 0 amide bonds. The van der Waals surface area contributed by atoms with Gasteiger partial charge in [0, 0.05) is 6.20 Å². The predicted octanol–water partition coefficient (Wildman–Crippen LogP) is 1.48. The normalized spacial score (nSPS) is 10.7. The lowest BCUT2D eigenvalue weighted by atomic mass is 10.2. The number of aryl methyl sites for hydroxylation is 1. The van der Waals surface area contributed by atoms with E-state index in [-0.39, 0.29) is 5.56 Å². The van der Waals surface area contributed by atoms with Gasteiger partial charge in [-0.05, 0) is 13.0 Å². The summed E-state index contributed by atoms with van der Waals surface area (Å²) in [6.07, 6.45) is 2.63. The van der Waals surface area contributed by atoms with Gasteiger partial charge in [-0.3, -0.25) is 0 Å². The zero-order valence-corrected chi connectivity index (χ0v) is 7.36. The average molecular weight is 194 g/mol. The molecule has 5 heteroatoms. The van der Waals surface area contributed by atoms with Crippen molar-refractivity contribution in [2.24, 2.45) is 0 Å². The van der Waals surface area contributed by atoms with Crippen LogP contribution in [-0.2, 0) is 0 Å². The van der Waals surface area contributed by atoms with Gasteiger partial charge in [0.05, 0.1) is 17.3 Å². The second kappa shape index (κ2) is 2.80. The highest BCUT2D eigenvalue weighted by molar-refractivity contribution is 5.89. The van der Waals surface area contributed by atoms with Gasteiger partial charge in [-0.15, -0.1) is 0 Å². The van der Waals surface area contributed by atoms with Crippen molar-refractivity contribution in [1.82, 2.24) is 9.38 Å². The number of carboxylic acids is 1. The van der Waals surface area contributed by atoms with Crippen LogP contribution in [0.1, 0.15) is 16.2 Å². The zero-order valence-electron chi connectivity index (χ0n) is 7.36. The number of rotatable bonds is 1. The Hall–Kier alpha value is -1.91. The van der Waals surface area contributed by atoms with Crippen LogP contribution in [0.2, 0.25) is 0 Å². The van der Waals surface area contributed by atoms with E-state index in [0.29, 0.717) is 11.3 Å². The van der Waals surface area contributed by atoms with E-state index in [4.69, 9.17) is 5.11 Å². The number of hydrogen-bond donors (Lipinski definition) is 1. The third-order valence-corrected chi connectivity index (χ3v) is 2.03. The molecule has 2 aromatic rings. The number of nitrogens with zero attached hydrogens (tertiary/aromatic N) is 2. The summed E-state index contributed by atoms with van der Waals surface area (Å²) < 4.78 is 14.7. The van der Waals surface area contributed by atoms with Gasteiger partial charge < -0.3 is 9.51 Å². The number of carbonyl (C=O) groups is 1. The summed E-state index contributed by atoms with van der Waals surface area (Å²) in [5, 5.41) is 8.66. The Bertz CT molecular complexity index is 519. The van der Waals surface area contributed by atoms with Crippen LogP contribution in [0.5, 0.6) is 0 Å². The largest absolute Gasteiger partial charge is 0.478 e. The van der Waals surface area contributed by atoms with E-state index in [1.807, 2.05) is 0 Å². The van der Waals surface area contributed by atoms with E-state index in [0.717, 1.165) is 6.20 Å². The van der Waals surface area contributed by atoms with Gasteiger partial charge in [0.1, 0.15) is 5.82 Å². The minimum Gasteiger partial charge on any atom is -0.478 e. The molecule has 0 aromatic carbocycles. The van der Waals surface area contributed by atoms with Crippen molar-refractivity contribution >= 4 is 11.5 Å². The van der Waals surface area contributed by atoms with Crippen molar-refractivity contribution < 1.29 is 14.3 Å². The van der Waals surface area contributed by atoms with Crippen LogP contribution in [0.3, 0.4) is 0 Å². The molecule has 0 saturated heterocycles. The maximum atomic E-state index is 13.2. The van der Waals surface area contributed by atoms with Crippen LogP contribution in [0.15, 0.2) is 18.5 Å². The van der Waals surface area contributed by atoms with Crippen molar-refractivity contribution in [1.29, 1.82) is 0 Å². The minimum absolute atomic E-state index is 0.336. The minimum atomic E-state index is -1.27. The first-order valence-corrected chi connectivity index (χ1v) is 3.96. The molecule has 0 fully saturated rings. The Kier molecular flexibility index (Phi) is 1.73. The first-order valence-electron chi connectivity index (χ1n) is 3.96. The monoisotopic (exact) mass is 194 g/mol. The van der Waals surface area contributed by atoms with Gasteiger partial charge in [0.15, 0.2) is 5.82 Å². The number of fused-ring (bicyclic) bond motifs is 1. The van der Waals surface area contributed by atoms with Crippen LogP contribution in [0.25, 0.3) is 5.52 Å². The van der Waals surface area contributed by atoms with Crippen molar-refractivity contribution in [2.45, 2.75) is 6.92 Å². The molecule has 0 atom stereocenters. The second-order valence-corrected chi connectivity index (χ2v) is 2.94. The maximum Gasteiger partial charge on any atom is 0.338 e. The molecule has 2 heterocycles. The Morgan fingerprint density at radius 2 is 2.36 bits per heavy atom. The SMILES string of the molecule is Cc1ncc2cc(C(=O)O)c(F)cn12. The highest BCUT2D eigenvalue weighted by Gasteiger charge is 2.12. The van der Waals surface area contributed by atoms with Crippen LogP contribution in [-0.4, -0.2) is 20.5 Å². The Morgan fingerprint density at radius 3 is 3.00 bits per heavy atom. The maximum absolute atomic E-state index is 13.2. The number of carboxylic acid groups (broad SMARTS) is 1. The second-order valence-electron chi connectivity index (χ2n) is 2.94. The standard InChI is InChI=1S/C9H7FN2O2/c1-5-11-3-6-2-7(9(13)14)8(10)4-12(5)6/h2-4H,1H3,(H,13,14). The predicted molar refractivity (Wildman–Crippen MR) is 46.8 cm³/mol. The summed E-state index contributed by atoms with van der Waals surface area (Å²) in [6.45, 7) is 1.72. The quantitative estimate of drug-likeness (QED) is 0.748. The van der Waals surface area contributed by atoms with Crippen molar-refractivity contribution in [3.05, 3.63) is 35.7 Å². The summed E-state index contributed by atoms with van der Waals surface area (Å²) >= 11 is 0. The smallest absolute Gasteiger partial charge is 0.338 e. The molecule has 72 valence electrons. The van der Waals surface area contributed by atoms with Crippen LogP contribution < -0.4 is 0 Å². The molecule has 0 aliphatic heterocycles. The van der Waals surface area contributed by atoms with E-state index < -0.39 is 11.8 Å². The van der Waals surface area contributed by atoms with Gasteiger partial charge in [0.2, 0.25) is 0 Å². The van der Waals surface area contributed by atoms with E-state index >= 15 is 0 Å². The van der Waals surface area contributed by atoms with Crippen molar-refractivity contribution in [2.75, 3.05) is 0 Å². The summed E-state index contributed by atoms with van der Waals surface area (Å²) in [7, 11) is 0. The number of aromatic carboxylic acids is 1. The zero-order chi connectivity index (χ0) is 10.3. The summed E-state index contributed by atoms with van der Waals surface area (Å²) in [6, 6.07) is 1.26. The van der Waals surface area contributed by atoms with E-state index in [9.17, 15) is 9.18 Å². The number of pyridine rings is 1. The van der Waals surface area contributed by atoms with Crippen LogP contribution in [0.4, 0.5) is 4.39 Å². The fraction of sp³-hybridized carbons (Fsp3) is 0.111. The highest BCUT2D eigenvalue weighted by atomic mass is 19.1. The third kappa shape index (κ3) is 1.14. The summed E-state index contributed by atoms with van der Waals surface area (Å²) in [5.41, 5.74) is 0.235.